The lowest BCUT2D eigenvalue weighted by atomic mass is 10.2. The number of amidine groups is 1. The van der Waals surface area contributed by atoms with Crippen molar-refractivity contribution in [1.82, 2.24) is 0 Å². The average Bonchev–Trinajstić information content (AvgIpc) is 2.35. The van der Waals surface area contributed by atoms with E-state index in [2.05, 4.69) is 4.99 Å². The summed E-state index contributed by atoms with van der Waals surface area (Å²) in [5.41, 5.74) is 7.17. The highest BCUT2D eigenvalue weighted by Crippen LogP contribution is 2.21. The van der Waals surface area contributed by atoms with E-state index >= 15 is 0 Å². The van der Waals surface area contributed by atoms with Crippen molar-refractivity contribution in [3.8, 4) is 0 Å². The highest BCUT2D eigenvalue weighted by Gasteiger charge is 2.01. The maximum Gasteiger partial charge on any atom is 0.141 e. The Hall–Kier alpha value is -1.87. The molecule has 17 heavy (non-hydrogen) atoms. The molecule has 0 bridgehead atoms. The number of hydrogen-bond acceptors (Lipinski definition) is 1. The predicted octanol–water partition coefficient (Wildman–Crippen LogP) is 3.52. The van der Waals surface area contributed by atoms with E-state index in [-0.39, 0.29) is 5.02 Å². The molecule has 0 spiro atoms. The molecule has 2 nitrogen and oxygen atoms in total. The average molecular weight is 249 g/mol. The van der Waals surface area contributed by atoms with Gasteiger partial charge in [0.15, 0.2) is 0 Å². The van der Waals surface area contributed by atoms with Crippen molar-refractivity contribution in [2.75, 3.05) is 0 Å². The fourth-order valence-corrected chi connectivity index (χ4v) is 1.54. The quantitative estimate of drug-likeness (QED) is 0.641. The highest BCUT2D eigenvalue weighted by molar-refractivity contribution is 6.31. The molecular weight excluding hydrogens is 239 g/mol. The molecule has 0 unspecified atom stereocenters. The first-order valence-corrected chi connectivity index (χ1v) is 5.39. The van der Waals surface area contributed by atoms with Gasteiger partial charge in [0.2, 0.25) is 0 Å². The monoisotopic (exact) mass is 248 g/mol. The third-order valence-electron chi connectivity index (χ3n) is 2.22. The summed E-state index contributed by atoms with van der Waals surface area (Å²) in [6.07, 6.45) is 0. The lowest BCUT2D eigenvalue weighted by Gasteiger charge is -2.01. The first kappa shape index (κ1) is 11.6. The van der Waals surface area contributed by atoms with Crippen LogP contribution in [-0.4, -0.2) is 5.84 Å². The zero-order chi connectivity index (χ0) is 12.3. The number of rotatable bonds is 2. The van der Waals surface area contributed by atoms with Gasteiger partial charge in [-0.1, -0.05) is 41.9 Å². The van der Waals surface area contributed by atoms with Gasteiger partial charge >= 0.3 is 0 Å². The zero-order valence-electron chi connectivity index (χ0n) is 8.90. The van der Waals surface area contributed by atoms with E-state index in [1.165, 1.54) is 18.2 Å². The first-order chi connectivity index (χ1) is 8.16. The molecule has 0 aliphatic carbocycles. The summed E-state index contributed by atoms with van der Waals surface area (Å²) in [4.78, 5) is 4.17. The molecule has 0 aliphatic rings. The second kappa shape index (κ2) is 4.97. The maximum atomic E-state index is 12.9. The maximum absolute atomic E-state index is 12.9. The van der Waals surface area contributed by atoms with E-state index in [9.17, 15) is 4.39 Å². The van der Waals surface area contributed by atoms with Gasteiger partial charge in [-0.15, -0.1) is 0 Å². The van der Waals surface area contributed by atoms with Crippen LogP contribution in [0.15, 0.2) is 53.5 Å². The Balaban J connectivity index is 2.33. The fraction of sp³-hybridized carbons (Fsp3) is 0. The van der Waals surface area contributed by atoms with E-state index < -0.39 is 5.82 Å². The zero-order valence-corrected chi connectivity index (χ0v) is 9.66. The van der Waals surface area contributed by atoms with Crippen LogP contribution < -0.4 is 5.73 Å². The number of hydrogen-bond donors (Lipinski definition) is 1. The van der Waals surface area contributed by atoms with Crippen molar-refractivity contribution in [3.63, 3.8) is 0 Å². The molecule has 0 radical (unpaired) electrons. The summed E-state index contributed by atoms with van der Waals surface area (Å²) in [5, 5.41) is 0.0344. The standard InChI is InChI=1S/C13H10ClFN2/c14-11-8-10(6-7-12(11)15)17-13(16)9-4-2-1-3-5-9/h1-8H,(H2,16,17). The Kier molecular flexibility index (Phi) is 3.40. The first-order valence-electron chi connectivity index (χ1n) is 5.01. The molecule has 0 amide bonds. The van der Waals surface area contributed by atoms with Crippen molar-refractivity contribution >= 4 is 23.1 Å². The molecule has 2 rings (SSSR count). The number of halogens is 2. The minimum absolute atomic E-state index is 0.0344. The molecule has 2 aromatic rings. The number of nitrogens with two attached hydrogens (primary N) is 1. The topological polar surface area (TPSA) is 38.4 Å². The molecule has 2 N–H and O–H groups in total. The third kappa shape index (κ3) is 2.82. The Bertz CT molecular complexity index is 553. The molecule has 2 aromatic carbocycles. The van der Waals surface area contributed by atoms with Crippen molar-refractivity contribution in [1.29, 1.82) is 0 Å². The van der Waals surface area contributed by atoms with E-state index in [1.807, 2.05) is 30.3 Å². The van der Waals surface area contributed by atoms with E-state index in [0.717, 1.165) is 5.56 Å². The van der Waals surface area contributed by atoms with Gasteiger partial charge in [0.05, 0.1) is 10.7 Å². The molecular formula is C13H10ClFN2. The molecule has 0 atom stereocenters. The molecule has 86 valence electrons. The van der Waals surface area contributed by atoms with Crippen molar-refractivity contribution in [2.24, 2.45) is 10.7 Å². The van der Waals surface area contributed by atoms with Gasteiger partial charge in [-0.05, 0) is 18.2 Å². The van der Waals surface area contributed by atoms with Crippen LogP contribution in [0.1, 0.15) is 5.56 Å². The van der Waals surface area contributed by atoms with Gasteiger partial charge in [0.1, 0.15) is 11.7 Å². The van der Waals surface area contributed by atoms with Crippen LogP contribution in [0.2, 0.25) is 5.02 Å². The van der Waals surface area contributed by atoms with Gasteiger partial charge in [0.25, 0.3) is 0 Å². The van der Waals surface area contributed by atoms with Crippen LogP contribution in [-0.2, 0) is 0 Å². The van der Waals surface area contributed by atoms with Crippen LogP contribution >= 0.6 is 11.6 Å². The molecule has 0 heterocycles. The summed E-state index contributed by atoms with van der Waals surface area (Å²) < 4.78 is 12.9. The summed E-state index contributed by atoms with van der Waals surface area (Å²) in [6, 6.07) is 13.6. The van der Waals surface area contributed by atoms with E-state index in [0.29, 0.717) is 11.5 Å². The molecule has 0 aromatic heterocycles. The molecule has 4 heteroatoms. The Morgan fingerprint density at radius 2 is 1.82 bits per heavy atom. The van der Waals surface area contributed by atoms with Gasteiger partial charge in [-0.3, -0.25) is 0 Å². The van der Waals surface area contributed by atoms with Gasteiger partial charge < -0.3 is 5.73 Å². The number of nitrogens with zero attached hydrogens (tertiary/aromatic N) is 1. The summed E-state index contributed by atoms with van der Waals surface area (Å²) in [6.45, 7) is 0. The van der Waals surface area contributed by atoms with Gasteiger partial charge in [-0.25, -0.2) is 9.38 Å². The van der Waals surface area contributed by atoms with Crippen LogP contribution in [0.4, 0.5) is 10.1 Å². The van der Waals surface area contributed by atoms with Crippen molar-refractivity contribution in [3.05, 3.63) is 64.9 Å². The predicted molar refractivity (Wildman–Crippen MR) is 68.2 cm³/mol. The molecule has 0 aliphatic heterocycles. The molecule has 0 saturated carbocycles. The van der Waals surface area contributed by atoms with Gasteiger partial charge in [0, 0.05) is 5.56 Å². The summed E-state index contributed by atoms with van der Waals surface area (Å²) >= 11 is 5.66. The summed E-state index contributed by atoms with van der Waals surface area (Å²) in [7, 11) is 0. The number of aliphatic imine (C=N–C) groups is 1. The Morgan fingerprint density at radius 3 is 2.47 bits per heavy atom. The molecule has 0 fully saturated rings. The van der Waals surface area contributed by atoms with Crippen LogP contribution in [0.5, 0.6) is 0 Å². The largest absolute Gasteiger partial charge is 0.383 e. The molecule has 0 saturated heterocycles. The van der Waals surface area contributed by atoms with Crippen LogP contribution in [0.25, 0.3) is 0 Å². The highest BCUT2D eigenvalue weighted by atomic mass is 35.5. The van der Waals surface area contributed by atoms with E-state index in [4.69, 9.17) is 17.3 Å². The normalized spacial score (nSPS) is 11.5. The lowest BCUT2D eigenvalue weighted by Crippen LogP contribution is -2.12. The number of benzene rings is 2. The Morgan fingerprint density at radius 1 is 1.12 bits per heavy atom. The van der Waals surface area contributed by atoms with Gasteiger partial charge in [-0.2, -0.15) is 0 Å². The lowest BCUT2D eigenvalue weighted by molar-refractivity contribution is 0.628. The fourth-order valence-electron chi connectivity index (χ4n) is 1.37. The second-order valence-corrected chi connectivity index (χ2v) is 3.87. The second-order valence-electron chi connectivity index (χ2n) is 3.46. The van der Waals surface area contributed by atoms with E-state index in [1.54, 1.807) is 0 Å². The minimum Gasteiger partial charge on any atom is -0.383 e. The Labute approximate surface area is 104 Å². The SMILES string of the molecule is NC(=Nc1ccc(F)c(Cl)c1)c1ccccc1. The summed E-state index contributed by atoms with van der Waals surface area (Å²) in [5.74, 6) is -0.0998. The minimum atomic E-state index is -0.469. The van der Waals surface area contributed by atoms with Crippen molar-refractivity contribution < 1.29 is 4.39 Å². The van der Waals surface area contributed by atoms with Crippen LogP contribution in [0, 0.1) is 5.82 Å². The van der Waals surface area contributed by atoms with Crippen LogP contribution in [0.3, 0.4) is 0 Å². The van der Waals surface area contributed by atoms with Crippen molar-refractivity contribution in [2.45, 2.75) is 0 Å². The third-order valence-corrected chi connectivity index (χ3v) is 2.51. The smallest absolute Gasteiger partial charge is 0.141 e.